The molecule has 21 heavy (non-hydrogen) atoms. The van der Waals surface area contributed by atoms with E-state index in [1.165, 1.54) is 6.07 Å². The SMILES string of the molecule is CCNC(c1cc(Br)ccc1F)c1cnn2ccccc12. The molecule has 2 aromatic heterocycles. The van der Waals surface area contributed by atoms with Gasteiger partial charge < -0.3 is 5.32 Å². The minimum absolute atomic E-state index is 0.223. The lowest BCUT2D eigenvalue weighted by molar-refractivity contribution is 0.560. The van der Waals surface area contributed by atoms with Crippen molar-refractivity contribution in [3.05, 3.63) is 70.2 Å². The van der Waals surface area contributed by atoms with Crippen LogP contribution in [0.4, 0.5) is 4.39 Å². The van der Waals surface area contributed by atoms with Gasteiger partial charge in [-0.3, -0.25) is 0 Å². The normalized spacial score (nSPS) is 12.7. The highest BCUT2D eigenvalue weighted by molar-refractivity contribution is 9.10. The second-order valence-electron chi connectivity index (χ2n) is 4.79. The first-order valence-corrected chi connectivity index (χ1v) is 7.60. The van der Waals surface area contributed by atoms with Crippen LogP contribution in [-0.4, -0.2) is 16.2 Å². The number of nitrogens with zero attached hydrogens (tertiary/aromatic N) is 2. The third-order valence-corrected chi connectivity index (χ3v) is 3.94. The summed E-state index contributed by atoms with van der Waals surface area (Å²) in [6.45, 7) is 2.75. The van der Waals surface area contributed by atoms with E-state index >= 15 is 0 Å². The van der Waals surface area contributed by atoms with Gasteiger partial charge in [0.2, 0.25) is 0 Å². The molecule has 1 atom stereocenters. The summed E-state index contributed by atoms with van der Waals surface area (Å²) in [5, 5.41) is 7.69. The van der Waals surface area contributed by atoms with Gasteiger partial charge in [0, 0.05) is 21.8 Å². The van der Waals surface area contributed by atoms with Gasteiger partial charge in [0.05, 0.1) is 17.8 Å². The molecule has 0 aliphatic heterocycles. The number of hydrogen-bond acceptors (Lipinski definition) is 2. The third kappa shape index (κ3) is 2.71. The van der Waals surface area contributed by atoms with Crippen LogP contribution in [0.5, 0.6) is 0 Å². The lowest BCUT2D eigenvalue weighted by Crippen LogP contribution is -2.23. The fourth-order valence-electron chi connectivity index (χ4n) is 2.50. The largest absolute Gasteiger partial charge is 0.306 e. The molecule has 108 valence electrons. The number of halogens is 2. The molecule has 0 aliphatic carbocycles. The Hall–Kier alpha value is -1.72. The Morgan fingerprint density at radius 3 is 2.95 bits per heavy atom. The molecule has 3 rings (SSSR count). The van der Waals surface area contributed by atoms with E-state index in [0.717, 1.165) is 22.1 Å². The van der Waals surface area contributed by atoms with Gasteiger partial charge in [0.1, 0.15) is 5.82 Å². The monoisotopic (exact) mass is 347 g/mol. The van der Waals surface area contributed by atoms with Crippen molar-refractivity contribution in [2.45, 2.75) is 13.0 Å². The molecule has 0 amide bonds. The lowest BCUT2D eigenvalue weighted by Gasteiger charge is -2.18. The first-order chi connectivity index (χ1) is 10.2. The summed E-state index contributed by atoms with van der Waals surface area (Å²) in [5.41, 5.74) is 2.56. The van der Waals surface area contributed by atoms with Gasteiger partial charge in [-0.15, -0.1) is 0 Å². The van der Waals surface area contributed by atoms with E-state index in [1.54, 1.807) is 16.8 Å². The molecular weight excluding hydrogens is 333 g/mol. The Morgan fingerprint density at radius 2 is 2.14 bits per heavy atom. The fraction of sp³-hybridized carbons (Fsp3) is 0.188. The standard InChI is InChI=1S/C16H15BrFN3/c1-2-19-16(12-9-11(17)6-7-14(12)18)13-10-20-21-8-4-3-5-15(13)21/h3-10,16,19H,2H2,1H3. The molecule has 0 spiro atoms. The zero-order valence-electron chi connectivity index (χ0n) is 11.6. The Labute approximate surface area is 130 Å². The van der Waals surface area contributed by atoms with Gasteiger partial charge in [-0.25, -0.2) is 8.91 Å². The minimum atomic E-state index is -0.229. The van der Waals surface area contributed by atoms with Crippen LogP contribution in [0.25, 0.3) is 5.52 Å². The minimum Gasteiger partial charge on any atom is -0.306 e. The van der Waals surface area contributed by atoms with Crippen LogP contribution in [0.3, 0.4) is 0 Å². The smallest absolute Gasteiger partial charge is 0.128 e. The number of fused-ring (bicyclic) bond motifs is 1. The van der Waals surface area contributed by atoms with Gasteiger partial charge in [0.15, 0.2) is 0 Å². The zero-order valence-corrected chi connectivity index (χ0v) is 13.1. The highest BCUT2D eigenvalue weighted by Crippen LogP contribution is 2.29. The van der Waals surface area contributed by atoms with Crippen LogP contribution in [0.2, 0.25) is 0 Å². The van der Waals surface area contributed by atoms with Gasteiger partial charge >= 0.3 is 0 Å². The van der Waals surface area contributed by atoms with Crippen LogP contribution in [0, 0.1) is 5.82 Å². The average Bonchev–Trinajstić information content (AvgIpc) is 2.91. The predicted octanol–water partition coefficient (Wildman–Crippen LogP) is 3.93. The summed E-state index contributed by atoms with van der Waals surface area (Å²) >= 11 is 3.41. The molecule has 0 radical (unpaired) electrons. The Balaban J connectivity index is 2.15. The maximum atomic E-state index is 14.2. The molecule has 2 heterocycles. The topological polar surface area (TPSA) is 29.3 Å². The second kappa shape index (κ2) is 5.95. The average molecular weight is 348 g/mol. The molecule has 1 aromatic carbocycles. The van der Waals surface area contributed by atoms with Gasteiger partial charge in [-0.1, -0.05) is 28.9 Å². The molecule has 0 bridgehead atoms. The summed E-state index contributed by atoms with van der Waals surface area (Å²) in [6.07, 6.45) is 3.68. The summed E-state index contributed by atoms with van der Waals surface area (Å²) in [4.78, 5) is 0. The van der Waals surface area contributed by atoms with Crippen molar-refractivity contribution in [2.75, 3.05) is 6.54 Å². The fourth-order valence-corrected chi connectivity index (χ4v) is 2.88. The highest BCUT2D eigenvalue weighted by Gasteiger charge is 2.20. The van der Waals surface area contributed by atoms with Crippen molar-refractivity contribution in [3.63, 3.8) is 0 Å². The van der Waals surface area contributed by atoms with E-state index in [9.17, 15) is 4.39 Å². The summed E-state index contributed by atoms with van der Waals surface area (Å²) in [6, 6.07) is 10.6. The Kier molecular flexibility index (Phi) is 4.03. The van der Waals surface area contributed by atoms with Crippen molar-refractivity contribution in [1.29, 1.82) is 0 Å². The number of nitrogens with one attached hydrogen (secondary N) is 1. The van der Waals surface area contributed by atoms with Gasteiger partial charge in [-0.05, 0) is 36.9 Å². The molecule has 0 aliphatic rings. The van der Waals surface area contributed by atoms with Crippen molar-refractivity contribution in [1.82, 2.24) is 14.9 Å². The van der Waals surface area contributed by atoms with E-state index in [4.69, 9.17) is 0 Å². The number of pyridine rings is 1. The molecule has 1 unspecified atom stereocenters. The van der Waals surface area contributed by atoms with Crippen molar-refractivity contribution in [3.8, 4) is 0 Å². The van der Waals surface area contributed by atoms with Crippen molar-refractivity contribution in [2.24, 2.45) is 0 Å². The van der Waals surface area contributed by atoms with Crippen LogP contribution in [-0.2, 0) is 0 Å². The third-order valence-electron chi connectivity index (χ3n) is 3.44. The quantitative estimate of drug-likeness (QED) is 0.774. The Bertz CT molecular complexity index is 769. The molecular formula is C16H15BrFN3. The summed E-state index contributed by atoms with van der Waals surface area (Å²) < 4.78 is 16.9. The van der Waals surface area contributed by atoms with Crippen LogP contribution in [0.15, 0.2) is 53.3 Å². The van der Waals surface area contributed by atoms with E-state index in [0.29, 0.717) is 5.56 Å². The molecule has 3 aromatic rings. The number of rotatable bonds is 4. The number of benzene rings is 1. The number of aromatic nitrogens is 2. The molecule has 0 fully saturated rings. The van der Waals surface area contributed by atoms with E-state index in [2.05, 4.69) is 26.3 Å². The van der Waals surface area contributed by atoms with E-state index in [-0.39, 0.29) is 11.9 Å². The summed E-state index contributed by atoms with van der Waals surface area (Å²) in [5.74, 6) is -0.223. The van der Waals surface area contributed by atoms with Crippen molar-refractivity contribution >= 4 is 21.4 Å². The van der Waals surface area contributed by atoms with E-state index in [1.807, 2.05) is 37.4 Å². The van der Waals surface area contributed by atoms with Crippen LogP contribution >= 0.6 is 15.9 Å². The summed E-state index contributed by atoms with van der Waals surface area (Å²) in [7, 11) is 0. The van der Waals surface area contributed by atoms with Crippen molar-refractivity contribution < 1.29 is 4.39 Å². The molecule has 0 saturated carbocycles. The lowest BCUT2D eigenvalue weighted by atomic mass is 9.99. The van der Waals surface area contributed by atoms with Gasteiger partial charge in [-0.2, -0.15) is 5.10 Å². The maximum Gasteiger partial charge on any atom is 0.128 e. The van der Waals surface area contributed by atoms with E-state index < -0.39 is 0 Å². The second-order valence-corrected chi connectivity index (χ2v) is 5.70. The maximum absolute atomic E-state index is 14.2. The molecule has 5 heteroatoms. The first-order valence-electron chi connectivity index (χ1n) is 6.81. The van der Waals surface area contributed by atoms with Crippen LogP contribution in [0.1, 0.15) is 24.1 Å². The van der Waals surface area contributed by atoms with Crippen LogP contribution < -0.4 is 5.32 Å². The van der Waals surface area contributed by atoms with Gasteiger partial charge in [0.25, 0.3) is 0 Å². The molecule has 3 nitrogen and oxygen atoms in total. The zero-order chi connectivity index (χ0) is 14.8. The predicted molar refractivity (Wildman–Crippen MR) is 84.8 cm³/mol. The first kappa shape index (κ1) is 14.2. The number of hydrogen-bond donors (Lipinski definition) is 1. The highest BCUT2D eigenvalue weighted by atomic mass is 79.9. The Morgan fingerprint density at radius 1 is 1.29 bits per heavy atom. The molecule has 1 N–H and O–H groups in total. The molecule has 0 saturated heterocycles.